The Hall–Kier alpha value is -4.54. The van der Waals surface area contributed by atoms with Crippen LogP contribution in [0.2, 0.25) is 0 Å². The van der Waals surface area contributed by atoms with Crippen LogP contribution in [-0.4, -0.2) is 19.9 Å². The van der Waals surface area contributed by atoms with Gasteiger partial charge >= 0.3 is 11.4 Å². The number of phenols is 1. The molecule has 152 valence electrons. The highest BCUT2D eigenvalue weighted by Gasteiger charge is 2.36. The molecule has 0 unspecified atom stereocenters. The molecule has 1 N–H and O–H groups in total. The van der Waals surface area contributed by atoms with Crippen molar-refractivity contribution in [1.82, 2.24) is 0 Å². The Labute approximate surface area is 168 Å². The standard InChI is InChI=1S/C19H14N4O7/c1-12-6-8-13(9-7-12)20(15-4-2-3-5-18(15)24)19-16(22(27)28)10-14(21(25)26)11-17(19)23(29)30/h2-11,24H,1H3. The summed E-state index contributed by atoms with van der Waals surface area (Å²) < 4.78 is 0. The summed E-state index contributed by atoms with van der Waals surface area (Å²) in [4.78, 5) is 33.0. The summed E-state index contributed by atoms with van der Waals surface area (Å²) in [5, 5.41) is 45.0. The number of hydrogen-bond donors (Lipinski definition) is 1. The maximum atomic E-state index is 11.7. The van der Waals surface area contributed by atoms with Gasteiger partial charge in [-0.3, -0.25) is 35.2 Å². The molecule has 0 fully saturated rings. The van der Waals surface area contributed by atoms with Gasteiger partial charge in [0.2, 0.25) is 5.69 Å². The van der Waals surface area contributed by atoms with E-state index in [1.165, 1.54) is 18.2 Å². The predicted molar refractivity (Wildman–Crippen MR) is 107 cm³/mol. The van der Waals surface area contributed by atoms with E-state index >= 15 is 0 Å². The maximum absolute atomic E-state index is 11.7. The molecule has 0 atom stereocenters. The lowest BCUT2D eigenvalue weighted by molar-refractivity contribution is -0.402. The highest BCUT2D eigenvalue weighted by Crippen LogP contribution is 2.49. The lowest BCUT2D eigenvalue weighted by atomic mass is 10.1. The molecule has 0 spiro atoms. The van der Waals surface area contributed by atoms with Crippen LogP contribution in [0.25, 0.3) is 0 Å². The Balaban J connectivity index is 2.45. The van der Waals surface area contributed by atoms with Crippen LogP contribution in [-0.2, 0) is 0 Å². The van der Waals surface area contributed by atoms with Crippen LogP contribution in [0.1, 0.15) is 5.56 Å². The molecule has 0 radical (unpaired) electrons. The minimum atomic E-state index is -0.944. The van der Waals surface area contributed by atoms with Gasteiger partial charge in [-0.15, -0.1) is 0 Å². The quantitative estimate of drug-likeness (QED) is 0.445. The average Bonchev–Trinajstić information content (AvgIpc) is 2.70. The van der Waals surface area contributed by atoms with E-state index in [9.17, 15) is 35.4 Å². The third-order valence-corrected chi connectivity index (χ3v) is 4.30. The van der Waals surface area contributed by atoms with E-state index in [0.29, 0.717) is 12.1 Å². The molecule has 3 aromatic carbocycles. The molecular formula is C19H14N4O7. The second kappa shape index (κ2) is 7.83. The fraction of sp³-hybridized carbons (Fsp3) is 0.0526. The predicted octanol–water partition coefficient (Wildman–Crippen LogP) is 4.90. The summed E-state index contributed by atoms with van der Waals surface area (Å²) in [5.74, 6) is -0.292. The van der Waals surface area contributed by atoms with Crippen molar-refractivity contribution in [3.63, 3.8) is 0 Å². The Bertz CT molecular complexity index is 1130. The number of benzene rings is 3. The van der Waals surface area contributed by atoms with E-state index in [1.807, 2.05) is 6.92 Å². The number of anilines is 3. The lowest BCUT2D eigenvalue weighted by Gasteiger charge is -2.25. The van der Waals surface area contributed by atoms with Gasteiger partial charge < -0.3 is 5.11 Å². The third kappa shape index (κ3) is 3.71. The van der Waals surface area contributed by atoms with Crippen LogP contribution in [0, 0.1) is 37.3 Å². The zero-order valence-corrected chi connectivity index (χ0v) is 15.5. The minimum Gasteiger partial charge on any atom is -0.506 e. The molecule has 0 aliphatic heterocycles. The van der Waals surface area contributed by atoms with Gasteiger partial charge in [0.25, 0.3) is 5.69 Å². The molecule has 3 rings (SSSR count). The lowest BCUT2D eigenvalue weighted by Crippen LogP contribution is -2.14. The monoisotopic (exact) mass is 410 g/mol. The summed E-state index contributed by atoms with van der Waals surface area (Å²) >= 11 is 0. The van der Waals surface area contributed by atoms with Gasteiger partial charge in [0, 0.05) is 5.69 Å². The number of rotatable bonds is 6. The molecule has 30 heavy (non-hydrogen) atoms. The molecule has 0 heterocycles. The summed E-state index contributed by atoms with van der Waals surface area (Å²) in [6, 6.07) is 13.6. The Morgan fingerprint density at radius 3 is 1.80 bits per heavy atom. The Morgan fingerprint density at radius 2 is 1.33 bits per heavy atom. The summed E-state index contributed by atoms with van der Waals surface area (Å²) in [5.41, 5.74) is -1.83. The van der Waals surface area contributed by atoms with E-state index in [1.54, 1.807) is 30.3 Å². The Kier molecular flexibility index (Phi) is 5.27. The van der Waals surface area contributed by atoms with Crippen LogP contribution in [0.15, 0.2) is 60.7 Å². The molecule has 3 aromatic rings. The normalized spacial score (nSPS) is 10.4. The van der Waals surface area contributed by atoms with Crippen molar-refractivity contribution in [3.8, 4) is 5.75 Å². The number of para-hydroxylation sites is 2. The van der Waals surface area contributed by atoms with E-state index < -0.39 is 37.5 Å². The highest BCUT2D eigenvalue weighted by atomic mass is 16.6. The van der Waals surface area contributed by atoms with Gasteiger partial charge in [-0.25, -0.2) is 0 Å². The van der Waals surface area contributed by atoms with E-state index in [0.717, 1.165) is 10.5 Å². The fourth-order valence-electron chi connectivity index (χ4n) is 2.94. The second-order valence-electron chi connectivity index (χ2n) is 6.26. The molecule has 11 nitrogen and oxygen atoms in total. The summed E-state index contributed by atoms with van der Waals surface area (Å²) in [6.07, 6.45) is 0. The molecule has 0 amide bonds. The van der Waals surface area contributed by atoms with Crippen LogP contribution in [0.4, 0.5) is 34.1 Å². The van der Waals surface area contributed by atoms with Gasteiger partial charge in [-0.2, -0.15) is 0 Å². The van der Waals surface area contributed by atoms with Crippen molar-refractivity contribution in [2.45, 2.75) is 6.92 Å². The van der Waals surface area contributed by atoms with Gasteiger partial charge in [-0.1, -0.05) is 29.8 Å². The fourth-order valence-corrected chi connectivity index (χ4v) is 2.94. The van der Waals surface area contributed by atoms with E-state index in [2.05, 4.69) is 0 Å². The summed E-state index contributed by atoms with van der Waals surface area (Å²) in [6.45, 7) is 1.81. The van der Waals surface area contributed by atoms with Gasteiger partial charge in [-0.05, 0) is 31.2 Å². The first kappa shape index (κ1) is 20.2. The van der Waals surface area contributed by atoms with E-state index in [-0.39, 0.29) is 17.1 Å². The molecule has 0 saturated heterocycles. The van der Waals surface area contributed by atoms with Crippen LogP contribution in [0.5, 0.6) is 5.75 Å². The van der Waals surface area contributed by atoms with E-state index in [4.69, 9.17) is 0 Å². The second-order valence-corrected chi connectivity index (χ2v) is 6.26. The number of nitro groups is 3. The molecular weight excluding hydrogens is 396 g/mol. The van der Waals surface area contributed by atoms with Crippen LogP contribution in [0.3, 0.4) is 0 Å². The van der Waals surface area contributed by atoms with Crippen molar-refractivity contribution in [2.24, 2.45) is 0 Å². The van der Waals surface area contributed by atoms with Crippen LogP contribution >= 0.6 is 0 Å². The number of non-ortho nitro benzene ring substituents is 1. The topological polar surface area (TPSA) is 153 Å². The molecule has 0 saturated carbocycles. The van der Waals surface area contributed by atoms with Crippen molar-refractivity contribution in [2.75, 3.05) is 4.90 Å². The summed E-state index contributed by atoms with van der Waals surface area (Å²) in [7, 11) is 0. The number of phenolic OH excluding ortho intramolecular Hbond substituents is 1. The average molecular weight is 410 g/mol. The molecule has 0 bridgehead atoms. The zero-order valence-electron chi connectivity index (χ0n) is 15.5. The number of hydrogen-bond acceptors (Lipinski definition) is 8. The molecule has 11 heteroatoms. The van der Waals surface area contributed by atoms with Crippen LogP contribution < -0.4 is 4.90 Å². The molecule has 0 aliphatic carbocycles. The first-order chi connectivity index (χ1) is 14.2. The van der Waals surface area contributed by atoms with Crippen molar-refractivity contribution >= 4 is 34.1 Å². The molecule has 0 aromatic heterocycles. The van der Waals surface area contributed by atoms with Gasteiger partial charge in [0.1, 0.15) is 5.75 Å². The highest BCUT2D eigenvalue weighted by molar-refractivity contribution is 5.90. The van der Waals surface area contributed by atoms with Crippen molar-refractivity contribution < 1.29 is 19.9 Å². The smallest absolute Gasteiger partial charge is 0.307 e. The number of nitrogens with zero attached hydrogens (tertiary/aromatic N) is 4. The zero-order chi connectivity index (χ0) is 22.0. The number of aryl methyl sites for hydroxylation is 1. The third-order valence-electron chi connectivity index (χ3n) is 4.30. The first-order valence-corrected chi connectivity index (χ1v) is 8.46. The van der Waals surface area contributed by atoms with Crippen molar-refractivity contribution in [1.29, 1.82) is 0 Å². The van der Waals surface area contributed by atoms with Gasteiger partial charge in [0.05, 0.1) is 32.6 Å². The largest absolute Gasteiger partial charge is 0.506 e. The SMILES string of the molecule is Cc1ccc(N(c2ccccc2O)c2c([N+](=O)[O-])cc([N+](=O)[O-])cc2[N+](=O)[O-])cc1. The van der Waals surface area contributed by atoms with Crippen molar-refractivity contribution in [3.05, 3.63) is 96.6 Å². The maximum Gasteiger partial charge on any atom is 0.307 e. The molecule has 0 aliphatic rings. The minimum absolute atomic E-state index is 0.0291. The number of nitro benzene ring substituents is 3. The first-order valence-electron chi connectivity index (χ1n) is 8.46. The van der Waals surface area contributed by atoms with Gasteiger partial charge in [0.15, 0.2) is 0 Å². The number of aromatic hydroxyl groups is 1. The Morgan fingerprint density at radius 1 is 0.800 bits per heavy atom.